The maximum atomic E-state index is 11.4. The van der Waals surface area contributed by atoms with Crippen molar-refractivity contribution >= 4 is 11.8 Å². The number of esters is 1. The van der Waals surface area contributed by atoms with E-state index in [1.807, 2.05) is 13.0 Å². The molecule has 0 saturated carbocycles. The second-order valence-electron chi connectivity index (χ2n) is 4.56. The summed E-state index contributed by atoms with van der Waals surface area (Å²) in [5.74, 6) is -1.26. The van der Waals surface area contributed by atoms with Crippen molar-refractivity contribution in [2.75, 3.05) is 7.11 Å². The van der Waals surface area contributed by atoms with Crippen molar-refractivity contribution in [3.05, 3.63) is 30.7 Å². The van der Waals surface area contributed by atoms with Crippen LogP contribution in [0.2, 0.25) is 0 Å². The maximum absolute atomic E-state index is 11.4. The van der Waals surface area contributed by atoms with Crippen molar-refractivity contribution in [2.24, 2.45) is 5.92 Å². The number of carbonyl (C=O) groups excluding carboxylic acids is 2. The van der Waals surface area contributed by atoms with Gasteiger partial charge in [-0.1, -0.05) is 23.8 Å². The molecular formula is C15H23O3. The molecule has 1 atom stereocenters. The van der Waals surface area contributed by atoms with Crippen LogP contribution in [-0.2, 0) is 14.3 Å². The molecule has 0 fully saturated rings. The second kappa shape index (κ2) is 8.67. The highest BCUT2D eigenvalue weighted by atomic mass is 16.5. The predicted octanol–water partition coefficient (Wildman–Crippen LogP) is 3.26. The minimum absolute atomic E-state index is 0.150. The second-order valence-corrected chi connectivity index (χ2v) is 4.56. The molecule has 0 saturated heterocycles. The van der Waals surface area contributed by atoms with E-state index in [-0.39, 0.29) is 5.78 Å². The molecule has 0 aromatic rings. The number of rotatable bonds is 8. The summed E-state index contributed by atoms with van der Waals surface area (Å²) in [7, 11) is 1.30. The SMILES string of the molecule is [CH2]/C(C)=C/CCC(=C)CCC(C(C)=O)C(=O)OC. The van der Waals surface area contributed by atoms with Crippen LogP contribution in [0.15, 0.2) is 23.8 Å². The van der Waals surface area contributed by atoms with Gasteiger partial charge in [-0.15, -0.1) is 0 Å². The summed E-state index contributed by atoms with van der Waals surface area (Å²) in [6.07, 6.45) is 4.96. The lowest BCUT2D eigenvalue weighted by Crippen LogP contribution is -2.23. The van der Waals surface area contributed by atoms with Gasteiger partial charge in [0, 0.05) is 0 Å². The van der Waals surface area contributed by atoms with Crippen LogP contribution in [0.5, 0.6) is 0 Å². The van der Waals surface area contributed by atoms with Gasteiger partial charge < -0.3 is 4.74 Å². The molecule has 0 aliphatic heterocycles. The zero-order valence-electron chi connectivity index (χ0n) is 11.6. The minimum atomic E-state index is -0.656. The third-order valence-corrected chi connectivity index (χ3v) is 2.75. The molecule has 18 heavy (non-hydrogen) atoms. The van der Waals surface area contributed by atoms with E-state index in [0.29, 0.717) is 12.8 Å². The van der Waals surface area contributed by atoms with Gasteiger partial charge in [-0.05, 0) is 46.5 Å². The summed E-state index contributed by atoms with van der Waals surface area (Å²) in [6.45, 7) is 11.1. The van der Waals surface area contributed by atoms with Crippen LogP contribution in [0, 0.1) is 12.8 Å². The van der Waals surface area contributed by atoms with E-state index in [1.165, 1.54) is 14.0 Å². The van der Waals surface area contributed by atoms with Crippen LogP contribution in [-0.4, -0.2) is 18.9 Å². The normalized spacial score (nSPS) is 13.0. The summed E-state index contributed by atoms with van der Waals surface area (Å²) < 4.78 is 4.61. The Morgan fingerprint density at radius 2 is 1.89 bits per heavy atom. The Morgan fingerprint density at radius 3 is 2.33 bits per heavy atom. The van der Waals surface area contributed by atoms with Crippen molar-refractivity contribution in [1.29, 1.82) is 0 Å². The largest absolute Gasteiger partial charge is 0.468 e. The Hall–Kier alpha value is -1.38. The minimum Gasteiger partial charge on any atom is -0.468 e. The van der Waals surface area contributed by atoms with Crippen molar-refractivity contribution < 1.29 is 14.3 Å². The standard InChI is InChI=1S/C15H23O3/c1-11(2)7-6-8-12(3)9-10-14(13(4)16)15(17)18-5/h7,14H,1,3,6,8-10H2,2,4-5H3/b11-7-. The molecule has 1 radical (unpaired) electrons. The third kappa shape index (κ3) is 7.05. The lowest BCUT2D eigenvalue weighted by Gasteiger charge is -2.12. The summed E-state index contributed by atoms with van der Waals surface area (Å²) in [5.41, 5.74) is 2.08. The Morgan fingerprint density at radius 1 is 1.28 bits per heavy atom. The molecule has 101 valence electrons. The molecule has 0 N–H and O–H groups in total. The van der Waals surface area contributed by atoms with Gasteiger partial charge in [0.1, 0.15) is 11.7 Å². The van der Waals surface area contributed by atoms with Gasteiger partial charge in [0.2, 0.25) is 0 Å². The number of hydrogen-bond acceptors (Lipinski definition) is 3. The van der Waals surface area contributed by atoms with Crippen LogP contribution in [0.25, 0.3) is 0 Å². The average Bonchev–Trinajstić information content (AvgIpc) is 2.27. The van der Waals surface area contributed by atoms with E-state index in [4.69, 9.17) is 0 Å². The first-order valence-corrected chi connectivity index (χ1v) is 6.12. The van der Waals surface area contributed by atoms with E-state index >= 15 is 0 Å². The van der Waals surface area contributed by atoms with Crippen LogP contribution in [0.3, 0.4) is 0 Å². The molecule has 0 rings (SSSR count). The maximum Gasteiger partial charge on any atom is 0.316 e. The molecule has 0 bridgehead atoms. The highest BCUT2D eigenvalue weighted by Gasteiger charge is 2.23. The number of ether oxygens (including phenoxy) is 1. The summed E-state index contributed by atoms with van der Waals surface area (Å²) >= 11 is 0. The van der Waals surface area contributed by atoms with Gasteiger partial charge in [0.25, 0.3) is 0 Å². The zero-order chi connectivity index (χ0) is 14.1. The van der Waals surface area contributed by atoms with E-state index in [9.17, 15) is 9.59 Å². The quantitative estimate of drug-likeness (QED) is 0.378. The Bertz CT molecular complexity index is 336. The van der Waals surface area contributed by atoms with Gasteiger partial charge in [0.15, 0.2) is 0 Å². The fourth-order valence-corrected chi connectivity index (χ4v) is 1.63. The first-order valence-electron chi connectivity index (χ1n) is 6.12. The van der Waals surface area contributed by atoms with Crippen molar-refractivity contribution in [2.45, 2.75) is 39.5 Å². The van der Waals surface area contributed by atoms with Crippen LogP contribution >= 0.6 is 0 Å². The number of carbonyl (C=O) groups is 2. The molecule has 0 aromatic heterocycles. The molecule has 0 heterocycles. The topological polar surface area (TPSA) is 43.4 Å². The van der Waals surface area contributed by atoms with E-state index in [2.05, 4.69) is 18.2 Å². The number of Topliss-reactive ketones (excluding diaryl/α,β-unsaturated/α-hetero) is 1. The van der Waals surface area contributed by atoms with Gasteiger partial charge in [0.05, 0.1) is 7.11 Å². The summed E-state index contributed by atoms with van der Waals surface area (Å²) in [6, 6.07) is 0. The summed E-state index contributed by atoms with van der Waals surface area (Å²) in [4.78, 5) is 22.7. The van der Waals surface area contributed by atoms with Crippen molar-refractivity contribution in [3.8, 4) is 0 Å². The van der Waals surface area contributed by atoms with Gasteiger partial charge in [-0.25, -0.2) is 0 Å². The highest BCUT2D eigenvalue weighted by molar-refractivity contribution is 5.97. The van der Waals surface area contributed by atoms with E-state index in [0.717, 1.165) is 24.0 Å². The fourth-order valence-electron chi connectivity index (χ4n) is 1.63. The van der Waals surface area contributed by atoms with Crippen LogP contribution in [0.4, 0.5) is 0 Å². The fraction of sp³-hybridized carbons (Fsp3) is 0.533. The number of ketones is 1. The molecule has 0 amide bonds. The number of methoxy groups -OCH3 is 1. The van der Waals surface area contributed by atoms with E-state index in [1.54, 1.807) is 0 Å². The van der Waals surface area contributed by atoms with Gasteiger partial charge >= 0.3 is 5.97 Å². The van der Waals surface area contributed by atoms with Crippen molar-refractivity contribution in [1.82, 2.24) is 0 Å². The lowest BCUT2D eigenvalue weighted by molar-refractivity contribution is -0.149. The van der Waals surface area contributed by atoms with Gasteiger partial charge in [-0.2, -0.15) is 0 Å². The average molecular weight is 251 g/mol. The highest BCUT2D eigenvalue weighted by Crippen LogP contribution is 2.17. The van der Waals surface area contributed by atoms with Gasteiger partial charge in [-0.3, -0.25) is 9.59 Å². The summed E-state index contributed by atoms with van der Waals surface area (Å²) in [5, 5.41) is 0. The molecular weight excluding hydrogens is 228 g/mol. The zero-order valence-corrected chi connectivity index (χ0v) is 11.6. The Kier molecular flexibility index (Phi) is 8.01. The molecule has 0 spiro atoms. The first kappa shape index (κ1) is 16.6. The predicted molar refractivity (Wildman–Crippen MR) is 72.9 cm³/mol. The molecule has 0 aliphatic carbocycles. The third-order valence-electron chi connectivity index (χ3n) is 2.75. The molecule has 1 unspecified atom stereocenters. The molecule has 0 aliphatic rings. The Balaban J connectivity index is 4.12. The first-order chi connectivity index (χ1) is 8.38. The number of hydrogen-bond donors (Lipinski definition) is 0. The molecule has 3 nitrogen and oxygen atoms in total. The van der Waals surface area contributed by atoms with Crippen LogP contribution in [0.1, 0.15) is 39.5 Å². The van der Waals surface area contributed by atoms with Crippen molar-refractivity contribution in [3.63, 3.8) is 0 Å². The van der Waals surface area contributed by atoms with Crippen LogP contribution < -0.4 is 0 Å². The molecule has 3 heteroatoms. The number of allylic oxidation sites excluding steroid dienone is 3. The Labute approximate surface area is 110 Å². The monoisotopic (exact) mass is 251 g/mol. The smallest absolute Gasteiger partial charge is 0.316 e. The lowest BCUT2D eigenvalue weighted by atomic mass is 9.95. The van der Waals surface area contributed by atoms with E-state index < -0.39 is 11.9 Å². The molecule has 0 aromatic carbocycles.